The van der Waals surface area contributed by atoms with E-state index in [2.05, 4.69) is 4.74 Å². The quantitative estimate of drug-likeness (QED) is 0.528. The second-order valence-corrected chi connectivity index (χ2v) is 3.19. The van der Waals surface area contributed by atoms with Crippen LogP contribution in [0.5, 0.6) is 0 Å². The molecule has 2 nitrogen and oxygen atoms in total. The monoisotopic (exact) mass is 210 g/mol. The molecule has 0 atom stereocenters. The number of carbonyl (C=O) groups excluding carboxylic acids is 1. The van der Waals surface area contributed by atoms with Crippen LogP contribution in [0.1, 0.15) is 20.8 Å². The van der Waals surface area contributed by atoms with Gasteiger partial charge in [-0.3, -0.25) is 0 Å². The predicted octanol–water partition coefficient (Wildman–Crippen LogP) is 2.69. The SMILES string of the molecule is C/C=C(/C(=O)OCC(C)C)C(F)(F)F. The van der Waals surface area contributed by atoms with Gasteiger partial charge in [0.2, 0.25) is 0 Å². The van der Waals surface area contributed by atoms with Crippen molar-refractivity contribution in [2.45, 2.75) is 26.9 Å². The van der Waals surface area contributed by atoms with Gasteiger partial charge in [-0.2, -0.15) is 13.2 Å². The summed E-state index contributed by atoms with van der Waals surface area (Å²) in [5.41, 5.74) is -1.25. The van der Waals surface area contributed by atoms with Gasteiger partial charge in [-0.25, -0.2) is 4.79 Å². The maximum atomic E-state index is 12.1. The summed E-state index contributed by atoms with van der Waals surface area (Å²) >= 11 is 0. The lowest BCUT2D eigenvalue weighted by molar-refractivity contribution is -0.151. The van der Waals surface area contributed by atoms with Crippen molar-refractivity contribution in [1.29, 1.82) is 0 Å². The third kappa shape index (κ3) is 4.30. The lowest BCUT2D eigenvalue weighted by Crippen LogP contribution is -2.23. The van der Waals surface area contributed by atoms with E-state index >= 15 is 0 Å². The van der Waals surface area contributed by atoms with Gasteiger partial charge in [-0.05, 0) is 12.8 Å². The lowest BCUT2D eigenvalue weighted by atomic mass is 10.2. The standard InChI is InChI=1S/C9H13F3O2/c1-4-7(9(10,11)12)8(13)14-5-6(2)3/h4,6H,5H2,1-3H3/b7-4-. The van der Waals surface area contributed by atoms with E-state index in [4.69, 9.17) is 0 Å². The molecule has 0 aromatic rings. The van der Waals surface area contributed by atoms with Gasteiger partial charge in [-0.15, -0.1) is 0 Å². The Balaban J connectivity index is 4.37. The smallest absolute Gasteiger partial charge is 0.423 e. The number of carbonyl (C=O) groups is 1. The molecule has 0 rings (SSSR count). The average Bonchev–Trinajstić information content (AvgIpc) is 1.99. The third-order valence-electron chi connectivity index (χ3n) is 1.36. The van der Waals surface area contributed by atoms with Crippen LogP contribution in [0, 0.1) is 5.92 Å². The van der Waals surface area contributed by atoms with E-state index in [0.717, 1.165) is 6.92 Å². The highest BCUT2D eigenvalue weighted by Gasteiger charge is 2.38. The number of hydrogen-bond acceptors (Lipinski definition) is 2. The van der Waals surface area contributed by atoms with E-state index in [9.17, 15) is 18.0 Å². The minimum Gasteiger partial charge on any atom is -0.462 e. The van der Waals surface area contributed by atoms with Gasteiger partial charge >= 0.3 is 12.1 Å². The second kappa shape index (κ2) is 5.02. The molecule has 0 saturated carbocycles. The van der Waals surface area contributed by atoms with Crippen molar-refractivity contribution in [2.24, 2.45) is 5.92 Å². The number of esters is 1. The molecule has 82 valence electrons. The molecule has 0 saturated heterocycles. The normalized spacial score (nSPS) is 13.2. The van der Waals surface area contributed by atoms with Gasteiger partial charge < -0.3 is 4.74 Å². The number of ether oxygens (including phenoxy) is 1. The molecule has 0 heterocycles. The van der Waals surface area contributed by atoms with Gasteiger partial charge in [0.05, 0.1) is 6.61 Å². The van der Waals surface area contributed by atoms with Crippen molar-refractivity contribution >= 4 is 5.97 Å². The first-order chi connectivity index (χ1) is 6.29. The summed E-state index contributed by atoms with van der Waals surface area (Å²) in [5, 5.41) is 0. The molecular weight excluding hydrogens is 197 g/mol. The summed E-state index contributed by atoms with van der Waals surface area (Å²) < 4.78 is 40.8. The Labute approximate surface area is 80.7 Å². The van der Waals surface area contributed by atoms with Crippen LogP contribution in [0.15, 0.2) is 11.6 Å². The number of hydrogen-bond donors (Lipinski definition) is 0. The Bertz CT molecular complexity index is 229. The van der Waals surface area contributed by atoms with Gasteiger partial charge in [0.15, 0.2) is 0 Å². The molecule has 0 aromatic heterocycles. The first-order valence-corrected chi connectivity index (χ1v) is 4.19. The van der Waals surface area contributed by atoms with Crippen molar-refractivity contribution < 1.29 is 22.7 Å². The zero-order valence-electron chi connectivity index (χ0n) is 8.31. The fourth-order valence-corrected chi connectivity index (χ4v) is 0.717. The molecule has 0 unspecified atom stereocenters. The lowest BCUT2D eigenvalue weighted by Gasteiger charge is -2.11. The van der Waals surface area contributed by atoms with Crippen LogP contribution in [0.4, 0.5) is 13.2 Å². The Hall–Kier alpha value is -1.00. The van der Waals surface area contributed by atoms with Crippen molar-refractivity contribution in [2.75, 3.05) is 6.61 Å². The van der Waals surface area contributed by atoms with Crippen LogP contribution in [0.3, 0.4) is 0 Å². The summed E-state index contributed by atoms with van der Waals surface area (Å²) in [6.45, 7) is 4.64. The Morgan fingerprint density at radius 1 is 1.43 bits per heavy atom. The van der Waals surface area contributed by atoms with Crippen LogP contribution in [-0.2, 0) is 9.53 Å². The predicted molar refractivity (Wildman–Crippen MR) is 45.6 cm³/mol. The molecule has 0 spiro atoms. The number of rotatable bonds is 3. The topological polar surface area (TPSA) is 26.3 Å². The summed E-state index contributed by atoms with van der Waals surface area (Å²) in [5.74, 6) is -1.29. The van der Waals surface area contributed by atoms with Gasteiger partial charge in [0, 0.05) is 0 Å². The third-order valence-corrected chi connectivity index (χ3v) is 1.36. The van der Waals surface area contributed by atoms with Crippen LogP contribution in [-0.4, -0.2) is 18.8 Å². The van der Waals surface area contributed by atoms with E-state index in [0.29, 0.717) is 6.08 Å². The summed E-state index contributed by atoms with van der Waals surface area (Å²) in [4.78, 5) is 10.9. The van der Waals surface area contributed by atoms with Gasteiger partial charge in [-0.1, -0.05) is 19.9 Å². The molecule has 0 aliphatic carbocycles. The summed E-state index contributed by atoms with van der Waals surface area (Å²) in [6, 6.07) is 0. The highest BCUT2D eigenvalue weighted by Crippen LogP contribution is 2.26. The molecule has 0 fully saturated rings. The van der Waals surface area contributed by atoms with Gasteiger partial charge in [0.1, 0.15) is 5.57 Å². The molecule has 0 radical (unpaired) electrons. The van der Waals surface area contributed by atoms with Crippen LogP contribution in [0.2, 0.25) is 0 Å². The first-order valence-electron chi connectivity index (χ1n) is 4.19. The highest BCUT2D eigenvalue weighted by atomic mass is 19.4. The first kappa shape index (κ1) is 13.0. The molecule has 0 amide bonds. The van der Waals surface area contributed by atoms with Crippen LogP contribution >= 0.6 is 0 Å². The number of alkyl halides is 3. The van der Waals surface area contributed by atoms with E-state index in [-0.39, 0.29) is 12.5 Å². The summed E-state index contributed by atoms with van der Waals surface area (Å²) in [7, 11) is 0. The average molecular weight is 210 g/mol. The molecule has 14 heavy (non-hydrogen) atoms. The molecule has 0 aromatic carbocycles. The fraction of sp³-hybridized carbons (Fsp3) is 0.667. The number of halogens is 3. The maximum Gasteiger partial charge on any atom is 0.423 e. The van der Waals surface area contributed by atoms with Gasteiger partial charge in [0.25, 0.3) is 0 Å². The minimum atomic E-state index is -4.64. The zero-order valence-corrected chi connectivity index (χ0v) is 8.31. The number of allylic oxidation sites excluding steroid dienone is 1. The van der Waals surface area contributed by atoms with E-state index < -0.39 is 17.7 Å². The van der Waals surface area contributed by atoms with Crippen molar-refractivity contribution in [3.63, 3.8) is 0 Å². The molecule has 0 aliphatic rings. The minimum absolute atomic E-state index is 0.00769. The highest BCUT2D eigenvalue weighted by molar-refractivity contribution is 5.89. The second-order valence-electron chi connectivity index (χ2n) is 3.19. The van der Waals surface area contributed by atoms with Crippen molar-refractivity contribution in [1.82, 2.24) is 0 Å². The molecule has 0 bridgehead atoms. The Morgan fingerprint density at radius 2 is 1.93 bits per heavy atom. The molecule has 0 aliphatic heterocycles. The Morgan fingerprint density at radius 3 is 2.21 bits per heavy atom. The van der Waals surface area contributed by atoms with Crippen molar-refractivity contribution in [3.8, 4) is 0 Å². The van der Waals surface area contributed by atoms with E-state index in [1.807, 2.05) is 0 Å². The van der Waals surface area contributed by atoms with E-state index in [1.165, 1.54) is 0 Å². The zero-order chi connectivity index (χ0) is 11.4. The molecule has 5 heteroatoms. The van der Waals surface area contributed by atoms with Crippen LogP contribution < -0.4 is 0 Å². The largest absolute Gasteiger partial charge is 0.462 e. The van der Waals surface area contributed by atoms with E-state index in [1.54, 1.807) is 13.8 Å². The summed E-state index contributed by atoms with van der Waals surface area (Å²) in [6.07, 6.45) is -3.93. The van der Waals surface area contributed by atoms with Crippen molar-refractivity contribution in [3.05, 3.63) is 11.6 Å². The maximum absolute atomic E-state index is 12.1. The Kier molecular flexibility index (Phi) is 4.67. The van der Waals surface area contributed by atoms with Crippen LogP contribution in [0.25, 0.3) is 0 Å². The fourth-order valence-electron chi connectivity index (χ4n) is 0.717. The molecular formula is C9H13F3O2. The molecule has 0 N–H and O–H groups in total.